The van der Waals surface area contributed by atoms with Gasteiger partial charge >= 0.3 is 0 Å². The van der Waals surface area contributed by atoms with E-state index in [-0.39, 0.29) is 6.04 Å². The van der Waals surface area contributed by atoms with Gasteiger partial charge < -0.3 is 9.73 Å². The third-order valence-electron chi connectivity index (χ3n) is 3.40. The SMILES string of the molecule is CC(NCc1ccc(-c2ccn[nH]2)cc1)c1ccc(Br)o1. The summed E-state index contributed by atoms with van der Waals surface area (Å²) in [7, 11) is 0. The van der Waals surface area contributed by atoms with Crippen LogP contribution in [0.25, 0.3) is 11.3 Å². The van der Waals surface area contributed by atoms with Crippen LogP contribution < -0.4 is 5.32 Å². The largest absolute Gasteiger partial charge is 0.453 e. The van der Waals surface area contributed by atoms with Crippen LogP contribution in [0.3, 0.4) is 0 Å². The van der Waals surface area contributed by atoms with E-state index in [9.17, 15) is 0 Å². The van der Waals surface area contributed by atoms with Crippen LogP contribution in [0.2, 0.25) is 0 Å². The van der Waals surface area contributed by atoms with Gasteiger partial charge in [-0.1, -0.05) is 24.3 Å². The Bertz CT molecular complexity index is 689. The minimum Gasteiger partial charge on any atom is -0.453 e. The Hall–Kier alpha value is -1.85. The summed E-state index contributed by atoms with van der Waals surface area (Å²) in [5, 5.41) is 10.4. The molecule has 1 unspecified atom stereocenters. The quantitative estimate of drug-likeness (QED) is 0.725. The van der Waals surface area contributed by atoms with Gasteiger partial charge in [-0.05, 0) is 52.2 Å². The van der Waals surface area contributed by atoms with Crippen LogP contribution in [-0.4, -0.2) is 10.2 Å². The van der Waals surface area contributed by atoms with Crippen molar-refractivity contribution >= 4 is 15.9 Å². The molecule has 3 rings (SSSR count). The molecule has 0 aliphatic rings. The summed E-state index contributed by atoms with van der Waals surface area (Å²) in [5.74, 6) is 0.927. The molecular formula is C16H16BrN3O. The molecule has 3 aromatic rings. The number of aromatic nitrogens is 2. The van der Waals surface area contributed by atoms with Gasteiger partial charge in [0.2, 0.25) is 0 Å². The zero-order valence-electron chi connectivity index (χ0n) is 11.6. The number of nitrogens with one attached hydrogen (secondary N) is 2. The van der Waals surface area contributed by atoms with Gasteiger partial charge in [0.15, 0.2) is 4.67 Å². The Morgan fingerprint density at radius 1 is 1.19 bits per heavy atom. The number of hydrogen-bond acceptors (Lipinski definition) is 3. The molecule has 108 valence electrons. The van der Waals surface area contributed by atoms with Crippen molar-refractivity contribution in [2.24, 2.45) is 0 Å². The molecule has 5 heteroatoms. The Labute approximate surface area is 131 Å². The molecule has 2 N–H and O–H groups in total. The minimum atomic E-state index is 0.170. The average molecular weight is 346 g/mol. The molecule has 0 fully saturated rings. The molecule has 0 aliphatic carbocycles. The van der Waals surface area contributed by atoms with E-state index in [1.54, 1.807) is 6.20 Å². The molecule has 21 heavy (non-hydrogen) atoms. The third-order valence-corrected chi connectivity index (χ3v) is 3.83. The lowest BCUT2D eigenvalue weighted by atomic mass is 10.1. The van der Waals surface area contributed by atoms with Gasteiger partial charge in [0.05, 0.1) is 11.7 Å². The van der Waals surface area contributed by atoms with Crippen molar-refractivity contribution < 1.29 is 4.42 Å². The lowest BCUT2D eigenvalue weighted by molar-refractivity contribution is 0.418. The van der Waals surface area contributed by atoms with E-state index >= 15 is 0 Å². The van der Waals surface area contributed by atoms with Crippen molar-refractivity contribution in [2.45, 2.75) is 19.5 Å². The van der Waals surface area contributed by atoms with E-state index in [0.29, 0.717) is 0 Å². The van der Waals surface area contributed by atoms with Crippen molar-refractivity contribution in [3.05, 3.63) is 64.7 Å². The predicted octanol–water partition coefficient (Wildman–Crippen LogP) is 4.28. The first-order valence-electron chi connectivity index (χ1n) is 6.79. The topological polar surface area (TPSA) is 53.9 Å². The number of aromatic amines is 1. The van der Waals surface area contributed by atoms with E-state index < -0.39 is 0 Å². The number of hydrogen-bond donors (Lipinski definition) is 2. The van der Waals surface area contributed by atoms with Crippen molar-refractivity contribution in [3.8, 4) is 11.3 Å². The summed E-state index contributed by atoms with van der Waals surface area (Å²) in [6, 6.07) is 14.4. The van der Waals surface area contributed by atoms with Crippen LogP contribution in [-0.2, 0) is 6.54 Å². The monoisotopic (exact) mass is 345 g/mol. The van der Waals surface area contributed by atoms with Crippen LogP contribution in [0.15, 0.2) is 57.7 Å². The Kier molecular flexibility index (Phi) is 4.22. The molecule has 0 saturated heterocycles. The first kappa shape index (κ1) is 14.1. The standard InChI is InChI=1S/C16H16BrN3O/c1-11(15-6-7-16(17)21-15)18-10-12-2-4-13(5-3-12)14-8-9-19-20-14/h2-9,11,18H,10H2,1H3,(H,19,20). The highest BCUT2D eigenvalue weighted by Crippen LogP contribution is 2.21. The second-order valence-corrected chi connectivity index (χ2v) is 5.69. The first-order valence-corrected chi connectivity index (χ1v) is 7.59. The van der Waals surface area contributed by atoms with Gasteiger partial charge in [-0.2, -0.15) is 5.10 Å². The van der Waals surface area contributed by atoms with Crippen LogP contribution >= 0.6 is 15.9 Å². The van der Waals surface area contributed by atoms with Gasteiger partial charge in [0.1, 0.15) is 5.76 Å². The second-order valence-electron chi connectivity index (χ2n) is 4.91. The number of benzene rings is 1. The van der Waals surface area contributed by atoms with Crippen molar-refractivity contribution in [2.75, 3.05) is 0 Å². The van der Waals surface area contributed by atoms with Gasteiger partial charge in [0, 0.05) is 12.7 Å². The van der Waals surface area contributed by atoms with Crippen molar-refractivity contribution in [1.29, 1.82) is 0 Å². The molecule has 0 amide bonds. The molecular weight excluding hydrogens is 330 g/mol. The predicted molar refractivity (Wildman–Crippen MR) is 85.7 cm³/mol. The van der Waals surface area contributed by atoms with E-state index in [1.165, 1.54) is 5.56 Å². The number of rotatable bonds is 5. The highest BCUT2D eigenvalue weighted by atomic mass is 79.9. The molecule has 2 heterocycles. The van der Waals surface area contributed by atoms with Crippen molar-refractivity contribution in [1.82, 2.24) is 15.5 Å². The van der Waals surface area contributed by atoms with Crippen LogP contribution in [0.5, 0.6) is 0 Å². The highest BCUT2D eigenvalue weighted by Gasteiger charge is 2.09. The number of H-pyrrole nitrogens is 1. The fourth-order valence-electron chi connectivity index (χ4n) is 2.15. The van der Waals surface area contributed by atoms with E-state index in [0.717, 1.165) is 28.2 Å². The van der Waals surface area contributed by atoms with Crippen LogP contribution in [0.1, 0.15) is 24.3 Å². The smallest absolute Gasteiger partial charge is 0.169 e. The maximum absolute atomic E-state index is 5.54. The fraction of sp³-hybridized carbons (Fsp3) is 0.188. The molecule has 0 saturated carbocycles. The number of furan rings is 1. The lowest BCUT2D eigenvalue weighted by Gasteiger charge is -2.11. The summed E-state index contributed by atoms with van der Waals surface area (Å²) in [6.07, 6.45) is 1.76. The minimum absolute atomic E-state index is 0.170. The Morgan fingerprint density at radius 3 is 2.62 bits per heavy atom. The normalized spacial score (nSPS) is 12.5. The van der Waals surface area contributed by atoms with Gasteiger partial charge in [-0.25, -0.2) is 0 Å². The summed E-state index contributed by atoms with van der Waals surface area (Å²) < 4.78 is 6.30. The Morgan fingerprint density at radius 2 is 2.00 bits per heavy atom. The Balaban J connectivity index is 1.61. The zero-order chi connectivity index (χ0) is 14.7. The molecule has 0 bridgehead atoms. The molecule has 0 radical (unpaired) electrons. The van der Waals surface area contributed by atoms with Crippen LogP contribution in [0.4, 0.5) is 0 Å². The van der Waals surface area contributed by atoms with Crippen molar-refractivity contribution in [3.63, 3.8) is 0 Å². The van der Waals surface area contributed by atoms with Gasteiger partial charge in [0.25, 0.3) is 0 Å². The number of nitrogens with zero attached hydrogens (tertiary/aromatic N) is 1. The molecule has 4 nitrogen and oxygen atoms in total. The summed E-state index contributed by atoms with van der Waals surface area (Å²) >= 11 is 3.32. The highest BCUT2D eigenvalue weighted by molar-refractivity contribution is 9.10. The maximum Gasteiger partial charge on any atom is 0.169 e. The molecule has 1 aromatic carbocycles. The molecule has 2 aromatic heterocycles. The summed E-state index contributed by atoms with van der Waals surface area (Å²) in [5.41, 5.74) is 3.40. The second kappa shape index (κ2) is 6.28. The van der Waals surface area contributed by atoms with Gasteiger partial charge in [-0.3, -0.25) is 5.10 Å². The van der Waals surface area contributed by atoms with E-state index in [2.05, 4.69) is 62.6 Å². The molecule has 1 atom stereocenters. The van der Waals surface area contributed by atoms with Crippen LogP contribution in [0, 0.1) is 0 Å². The van der Waals surface area contributed by atoms with E-state index in [4.69, 9.17) is 4.42 Å². The first-order chi connectivity index (χ1) is 10.2. The molecule has 0 aliphatic heterocycles. The number of halogens is 1. The average Bonchev–Trinajstić information content (AvgIpc) is 3.16. The van der Waals surface area contributed by atoms with Gasteiger partial charge in [-0.15, -0.1) is 0 Å². The third kappa shape index (κ3) is 3.43. The van der Waals surface area contributed by atoms with E-state index in [1.807, 2.05) is 18.2 Å². The molecule has 0 spiro atoms. The maximum atomic E-state index is 5.54. The summed E-state index contributed by atoms with van der Waals surface area (Å²) in [6.45, 7) is 2.88. The summed E-state index contributed by atoms with van der Waals surface area (Å²) in [4.78, 5) is 0. The lowest BCUT2D eigenvalue weighted by Crippen LogP contribution is -2.17. The zero-order valence-corrected chi connectivity index (χ0v) is 13.2. The fourth-order valence-corrected chi connectivity index (χ4v) is 2.47.